The van der Waals surface area contributed by atoms with Crippen molar-refractivity contribution < 1.29 is 9.90 Å². The molecule has 0 aromatic heterocycles. The fourth-order valence-electron chi connectivity index (χ4n) is 2.78. The Labute approximate surface area is 125 Å². The molecule has 0 saturated heterocycles. The third-order valence-corrected chi connectivity index (χ3v) is 4.38. The summed E-state index contributed by atoms with van der Waals surface area (Å²) in [7, 11) is 0. The zero-order valence-corrected chi connectivity index (χ0v) is 12.4. The van der Waals surface area contributed by atoms with Gasteiger partial charge in [0.05, 0.1) is 12.5 Å². The highest BCUT2D eigenvalue weighted by Gasteiger charge is 2.21. The molecule has 1 aromatic rings. The molecule has 2 N–H and O–H groups in total. The van der Waals surface area contributed by atoms with Crippen LogP contribution in [-0.2, 0) is 11.2 Å². The predicted octanol–water partition coefficient (Wildman–Crippen LogP) is 2.94. The molecule has 110 valence electrons. The van der Waals surface area contributed by atoms with Crippen molar-refractivity contribution in [2.45, 2.75) is 44.6 Å². The van der Waals surface area contributed by atoms with Crippen LogP contribution in [0.25, 0.3) is 0 Å². The second-order valence-electron chi connectivity index (χ2n) is 5.54. The minimum Gasteiger partial charge on any atom is -0.391 e. The minimum absolute atomic E-state index is 0.0899. The normalized spacial score (nSPS) is 17.7. The molecule has 1 fully saturated rings. The van der Waals surface area contributed by atoms with Crippen LogP contribution in [-0.4, -0.2) is 23.7 Å². The highest BCUT2D eigenvalue weighted by atomic mass is 35.5. The van der Waals surface area contributed by atoms with Gasteiger partial charge in [-0.25, -0.2) is 0 Å². The van der Waals surface area contributed by atoms with Gasteiger partial charge in [0.25, 0.3) is 0 Å². The first-order valence-corrected chi connectivity index (χ1v) is 7.73. The van der Waals surface area contributed by atoms with Crippen molar-refractivity contribution in [3.63, 3.8) is 0 Å². The number of amides is 1. The Morgan fingerprint density at radius 3 is 2.70 bits per heavy atom. The molecule has 1 aliphatic carbocycles. The SMILES string of the molecule is O=C(Cc1ccccc1Cl)NCC(O)C1CCCCC1. The molecule has 0 aliphatic heterocycles. The number of hydrogen-bond acceptors (Lipinski definition) is 2. The standard InChI is InChI=1S/C16H22ClNO2/c17-14-9-5-4-8-13(14)10-16(20)18-11-15(19)12-6-2-1-3-7-12/h4-5,8-9,12,15,19H,1-3,6-7,10-11H2,(H,18,20). The molecule has 0 bridgehead atoms. The minimum atomic E-state index is -0.425. The summed E-state index contributed by atoms with van der Waals surface area (Å²) >= 11 is 6.02. The van der Waals surface area contributed by atoms with E-state index in [9.17, 15) is 9.90 Å². The maximum Gasteiger partial charge on any atom is 0.224 e. The van der Waals surface area contributed by atoms with Crippen LogP contribution in [0.1, 0.15) is 37.7 Å². The first kappa shape index (κ1) is 15.3. The Morgan fingerprint density at radius 1 is 1.30 bits per heavy atom. The summed E-state index contributed by atoms with van der Waals surface area (Å²) in [5.74, 6) is 0.248. The number of aliphatic hydroxyl groups excluding tert-OH is 1. The van der Waals surface area contributed by atoms with Crippen LogP contribution < -0.4 is 5.32 Å². The zero-order chi connectivity index (χ0) is 14.4. The topological polar surface area (TPSA) is 49.3 Å². The third-order valence-electron chi connectivity index (χ3n) is 4.01. The summed E-state index contributed by atoms with van der Waals surface area (Å²) in [6.45, 7) is 0.341. The van der Waals surface area contributed by atoms with Crippen molar-refractivity contribution >= 4 is 17.5 Å². The summed E-state index contributed by atoms with van der Waals surface area (Å²) in [5, 5.41) is 13.5. The van der Waals surface area contributed by atoms with Gasteiger partial charge in [-0.15, -0.1) is 0 Å². The molecule has 1 atom stereocenters. The Morgan fingerprint density at radius 2 is 2.00 bits per heavy atom. The maximum absolute atomic E-state index is 11.9. The van der Waals surface area contributed by atoms with Gasteiger partial charge in [-0.1, -0.05) is 49.1 Å². The van der Waals surface area contributed by atoms with Crippen LogP contribution in [0.15, 0.2) is 24.3 Å². The third kappa shape index (κ3) is 4.50. The van der Waals surface area contributed by atoms with Crippen LogP contribution in [0.5, 0.6) is 0 Å². The predicted molar refractivity (Wildman–Crippen MR) is 80.7 cm³/mol. The maximum atomic E-state index is 11.9. The average Bonchev–Trinajstić information content (AvgIpc) is 2.48. The van der Waals surface area contributed by atoms with E-state index in [0.717, 1.165) is 18.4 Å². The fraction of sp³-hybridized carbons (Fsp3) is 0.562. The lowest BCUT2D eigenvalue weighted by Gasteiger charge is -2.26. The molecule has 0 spiro atoms. The molecule has 20 heavy (non-hydrogen) atoms. The average molecular weight is 296 g/mol. The quantitative estimate of drug-likeness (QED) is 0.877. The molecule has 1 aliphatic rings. The van der Waals surface area contributed by atoms with Crippen molar-refractivity contribution in [1.29, 1.82) is 0 Å². The van der Waals surface area contributed by atoms with E-state index in [4.69, 9.17) is 11.6 Å². The number of carbonyl (C=O) groups excluding carboxylic acids is 1. The van der Waals surface area contributed by atoms with Crippen LogP contribution in [0.3, 0.4) is 0 Å². The van der Waals surface area contributed by atoms with Crippen LogP contribution in [0.4, 0.5) is 0 Å². The number of rotatable bonds is 5. The van der Waals surface area contributed by atoms with E-state index in [1.807, 2.05) is 18.2 Å². The van der Waals surface area contributed by atoms with Crippen molar-refractivity contribution in [2.75, 3.05) is 6.54 Å². The van der Waals surface area contributed by atoms with Gasteiger partial charge in [-0.05, 0) is 30.4 Å². The van der Waals surface area contributed by atoms with Crippen molar-refractivity contribution in [1.82, 2.24) is 5.32 Å². The van der Waals surface area contributed by atoms with E-state index in [1.54, 1.807) is 6.07 Å². The second-order valence-corrected chi connectivity index (χ2v) is 5.94. The Balaban J connectivity index is 1.76. The highest BCUT2D eigenvalue weighted by molar-refractivity contribution is 6.31. The first-order valence-electron chi connectivity index (χ1n) is 7.35. The monoisotopic (exact) mass is 295 g/mol. The van der Waals surface area contributed by atoms with Gasteiger partial charge in [-0.2, -0.15) is 0 Å². The molecule has 1 unspecified atom stereocenters. The lowest BCUT2D eigenvalue weighted by Crippen LogP contribution is -2.37. The van der Waals surface area contributed by atoms with Gasteiger partial charge in [0.1, 0.15) is 0 Å². The molecule has 3 nitrogen and oxygen atoms in total. The molecule has 0 radical (unpaired) electrons. The van der Waals surface area contributed by atoms with E-state index in [0.29, 0.717) is 17.5 Å². The van der Waals surface area contributed by atoms with E-state index in [2.05, 4.69) is 5.32 Å². The van der Waals surface area contributed by atoms with Gasteiger partial charge in [0.2, 0.25) is 5.91 Å². The van der Waals surface area contributed by atoms with E-state index in [1.165, 1.54) is 19.3 Å². The van der Waals surface area contributed by atoms with Crippen LogP contribution in [0, 0.1) is 5.92 Å². The highest BCUT2D eigenvalue weighted by Crippen LogP contribution is 2.26. The molecular formula is C16H22ClNO2. The number of hydrogen-bond donors (Lipinski definition) is 2. The largest absolute Gasteiger partial charge is 0.391 e. The summed E-state index contributed by atoms with van der Waals surface area (Å²) < 4.78 is 0. The van der Waals surface area contributed by atoms with E-state index in [-0.39, 0.29) is 12.3 Å². The second kappa shape index (κ2) is 7.65. The molecule has 0 heterocycles. The van der Waals surface area contributed by atoms with E-state index < -0.39 is 6.10 Å². The van der Waals surface area contributed by atoms with Gasteiger partial charge in [0, 0.05) is 11.6 Å². The first-order chi connectivity index (χ1) is 9.66. The lowest BCUT2D eigenvalue weighted by molar-refractivity contribution is -0.121. The van der Waals surface area contributed by atoms with Crippen molar-refractivity contribution in [3.8, 4) is 0 Å². The Bertz CT molecular complexity index is 444. The Hall–Kier alpha value is -1.06. The summed E-state index contributed by atoms with van der Waals surface area (Å²) in [5.41, 5.74) is 0.818. The number of aliphatic hydroxyl groups is 1. The number of benzene rings is 1. The van der Waals surface area contributed by atoms with E-state index >= 15 is 0 Å². The molecule has 1 saturated carbocycles. The van der Waals surface area contributed by atoms with Crippen molar-refractivity contribution in [3.05, 3.63) is 34.9 Å². The molecule has 2 rings (SSSR count). The van der Waals surface area contributed by atoms with Gasteiger partial charge < -0.3 is 10.4 Å². The van der Waals surface area contributed by atoms with Crippen LogP contribution >= 0.6 is 11.6 Å². The van der Waals surface area contributed by atoms with Crippen molar-refractivity contribution in [2.24, 2.45) is 5.92 Å². The lowest BCUT2D eigenvalue weighted by atomic mass is 9.85. The van der Waals surface area contributed by atoms with Gasteiger partial charge in [0.15, 0.2) is 0 Å². The smallest absolute Gasteiger partial charge is 0.224 e. The fourth-order valence-corrected chi connectivity index (χ4v) is 2.98. The summed E-state index contributed by atoms with van der Waals surface area (Å²) in [6, 6.07) is 7.34. The van der Waals surface area contributed by atoms with Gasteiger partial charge in [-0.3, -0.25) is 4.79 Å². The molecule has 1 amide bonds. The number of halogens is 1. The molecule has 4 heteroatoms. The number of nitrogens with one attached hydrogen (secondary N) is 1. The zero-order valence-electron chi connectivity index (χ0n) is 11.6. The van der Waals surface area contributed by atoms with Gasteiger partial charge >= 0.3 is 0 Å². The number of carbonyl (C=O) groups is 1. The molecular weight excluding hydrogens is 274 g/mol. The summed E-state index contributed by atoms with van der Waals surface area (Å²) in [6.07, 6.45) is 5.62. The van der Waals surface area contributed by atoms with Crippen LogP contribution in [0.2, 0.25) is 5.02 Å². The molecule has 1 aromatic carbocycles. The Kier molecular flexibility index (Phi) is 5.86. The summed E-state index contributed by atoms with van der Waals surface area (Å²) in [4.78, 5) is 11.9.